The van der Waals surface area contributed by atoms with Gasteiger partial charge in [-0.2, -0.15) is 0 Å². The largest absolute Gasteiger partial charge is 0.388 e. The van der Waals surface area contributed by atoms with E-state index in [1.165, 1.54) is 141 Å². The van der Waals surface area contributed by atoms with Gasteiger partial charge in [-0.05, 0) is 18.8 Å². The second-order valence-electron chi connectivity index (χ2n) is 12.1. The van der Waals surface area contributed by atoms with Crippen molar-refractivity contribution in [1.29, 1.82) is 0 Å². The average Bonchev–Trinajstić information content (AvgIpc) is 2.92. The molecule has 1 fully saturated rings. The van der Waals surface area contributed by atoms with Crippen molar-refractivity contribution in [2.75, 3.05) is 13.2 Å². The Bertz CT molecular complexity index is 488. The third kappa shape index (κ3) is 19.0. The summed E-state index contributed by atoms with van der Waals surface area (Å²) in [5.41, 5.74) is 0. The first kappa shape index (κ1) is 35.8. The van der Waals surface area contributed by atoms with Gasteiger partial charge in [0.2, 0.25) is 0 Å². The molecule has 0 amide bonds. The molecule has 1 saturated heterocycles. The molecule has 0 aliphatic carbocycles. The Morgan fingerprint density at radius 3 is 1.32 bits per heavy atom. The molecule has 5 atom stereocenters. The molecule has 0 aromatic rings. The molecule has 1 heterocycles. The van der Waals surface area contributed by atoms with Gasteiger partial charge in [0.05, 0.1) is 13.2 Å². The Labute approximate surface area is 236 Å². The Kier molecular flexibility index (Phi) is 24.3. The summed E-state index contributed by atoms with van der Waals surface area (Å²) in [5, 5.41) is 29.9. The third-order valence-electron chi connectivity index (χ3n) is 8.38. The predicted molar refractivity (Wildman–Crippen MR) is 159 cm³/mol. The molecule has 5 heteroatoms. The highest BCUT2D eigenvalue weighted by atomic mass is 16.7. The summed E-state index contributed by atoms with van der Waals surface area (Å²) in [6.45, 7) is 5.11. The standard InChI is InChI=1S/C33H66O5/c1-3-5-7-9-11-13-15-16-18-20-22-24-26-29(25-23-21-19-17-14-12-10-8-6-4-2)27-37-33-32(36)31(35)30(34)28-38-33/h29-36H,3-28H2,1-2H3/t29?,30-,31+,32-,33?/m1/s1. The summed E-state index contributed by atoms with van der Waals surface area (Å²) in [5.74, 6) is 0.465. The van der Waals surface area contributed by atoms with E-state index in [9.17, 15) is 15.3 Å². The van der Waals surface area contributed by atoms with E-state index < -0.39 is 24.6 Å². The first-order valence-corrected chi connectivity index (χ1v) is 16.9. The summed E-state index contributed by atoms with van der Waals surface area (Å²) in [4.78, 5) is 0. The number of unbranched alkanes of at least 4 members (excludes halogenated alkanes) is 20. The SMILES string of the molecule is CCCCCCCCCCCCCCC(CCCCCCCCCCCC)COC1OC[C@@H](O)[C@H](O)[C@H]1O. The summed E-state index contributed by atoms with van der Waals surface area (Å²) in [6.07, 6.45) is 27.8. The highest BCUT2D eigenvalue weighted by molar-refractivity contribution is 4.82. The molecule has 1 aliphatic rings. The lowest BCUT2D eigenvalue weighted by atomic mass is 9.94. The third-order valence-corrected chi connectivity index (χ3v) is 8.38. The van der Waals surface area contributed by atoms with Crippen LogP contribution in [0.2, 0.25) is 0 Å². The minimum atomic E-state index is -1.20. The highest BCUT2D eigenvalue weighted by Gasteiger charge is 2.38. The van der Waals surface area contributed by atoms with Crippen molar-refractivity contribution in [3.05, 3.63) is 0 Å². The topological polar surface area (TPSA) is 79.2 Å². The zero-order valence-corrected chi connectivity index (χ0v) is 25.4. The Balaban J connectivity index is 2.20. The van der Waals surface area contributed by atoms with Crippen LogP contribution in [0.4, 0.5) is 0 Å². The summed E-state index contributed by atoms with van der Waals surface area (Å²) < 4.78 is 11.4. The van der Waals surface area contributed by atoms with Gasteiger partial charge in [0, 0.05) is 0 Å². The molecule has 38 heavy (non-hydrogen) atoms. The van der Waals surface area contributed by atoms with Crippen LogP contribution >= 0.6 is 0 Å². The van der Waals surface area contributed by atoms with Crippen LogP contribution in [0.15, 0.2) is 0 Å². The molecule has 0 aromatic carbocycles. The van der Waals surface area contributed by atoms with Crippen molar-refractivity contribution < 1.29 is 24.8 Å². The summed E-state index contributed by atoms with van der Waals surface area (Å²) >= 11 is 0. The Morgan fingerprint density at radius 2 is 0.921 bits per heavy atom. The van der Waals surface area contributed by atoms with Crippen molar-refractivity contribution >= 4 is 0 Å². The van der Waals surface area contributed by atoms with E-state index in [0.29, 0.717) is 12.5 Å². The number of aliphatic hydroxyl groups is 3. The fourth-order valence-corrected chi connectivity index (χ4v) is 5.66. The van der Waals surface area contributed by atoms with Crippen LogP contribution in [0.5, 0.6) is 0 Å². The molecule has 1 aliphatic heterocycles. The van der Waals surface area contributed by atoms with Gasteiger partial charge in [-0.25, -0.2) is 0 Å². The first-order chi connectivity index (χ1) is 18.6. The van der Waals surface area contributed by atoms with Crippen LogP contribution in [0, 0.1) is 5.92 Å². The molecule has 0 saturated carbocycles. The lowest BCUT2D eigenvalue weighted by Crippen LogP contribution is -2.53. The van der Waals surface area contributed by atoms with Crippen LogP contribution in [0.1, 0.15) is 168 Å². The number of ether oxygens (including phenoxy) is 2. The quantitative estimate of drug-likeness (QED) is 0.0907. The van der Waals surface area contributed by atoms with E-state index in [1.54, 1.807) is 0 Å². The van der Waals surface area contributed by atoms with Crippen LogP contribution in [-0.4, -0.2) is 53.1 Å². The normalized spacial score (nSPS) is 22.7. The van der Waals surface area contributed by atoms with Gasteiger partial charge in [0.15, 0.2) is 6.29 Å². The fraction of sp³-hybridized carbons (Fsp3) is 1.00. The van der Waals surface area contributed by atoms with E-state index in [-0.39, 0.29) is 6.61 Å². The molecule has 0 bridgehead atoms. The van der Waals surface area contributed by atoms with Crippen LogP contribution in [-0.2, 0) is 9.47 Å². The number of hydrogen-bond acceptors (Lipinski definition) is 5. The molecular weight excluding hydrogens is 476 g/mol. The van der Waals surface area contributed by atoms with Gasteiger partial charge in [-0.15, -0.1) is 0 Å². The summed E-state index contributed by atoms with van der Waals surface area (Å²) in [7, 11) is 0. The molecule has 0 radical (unpaired) electrons. The lowest BCUT2D eigenvalue weighted by molar-refractivity contribution is -0.272. The van der Waals surface area contributed by atoms with Crippen LogP contribution in [0.25, 0.3) is 0 Å². The van der Waals surface area contributed by atoms with Gasteiger partial charge < -0.3 is 24.8 Å². The molecule has 0 aromatic heterocycles. The zero-order chi connectivity index (χ0) is 27.7. The smallest absolute Gasteiger partial charge is 0.186 e. The maximum atomic E-state index is 10.2. The van der Waals surface area contributed by atoms with Gasteiger partial charge in [-0.3, -0.25) is 0 Å². The van der Waals surface area contributed by atoms with Gasteiger partial charge in [0.25, 0.3) is 0 Å². The monoisotopic (exact) mass is 542 g/mol. The molecule has 0 spiro atoms. The van der Waals surface area contributed by atoms with Crippen molar-refractivity contribution in [2.45, 2.75) is 193 Å². The van der Waals surface area contributed by atoms with Crippen molar-refractivity contribution in [2.24, 2.45) is 5.92 Å². The summed E-state index contributed by atoms with van der Waals surface area (Å²) in [6, 6.07) is 0. The van der Waals surface area contributed by atoms with E-state index in [4.69, 9.17) is 9.47 Å². The zero-order valence-electron chi connectivity index (χ0n) is 25.4. The molecule has 1 rings (SSSR count). The first-order valence-electron chi connectivity index (χ1n) is 16.9. The lowest BCUT2D eigenvalue weighted by Gasteiger charge is -2.35. The minimum absolute atomic E-state index is 0.00471. The van der Waals surface area contributed by atoms with Crippen molar-refractivity contribution in [1.82, 2.24) is 0 Å². The van der Waals surface area contributed by atoms with E-state index in [2.05, 4.69) is 13.8 Å². The molecule has 5 nitrogen and oxygen atoms in total. The highest BCUT2D eigenvalue weighted by Crippen LogP contribution is 2.23. The maximum absolute atomic E-state index is 10.2. The average molecular weight is 543 g/mol. The van der Waals surface area contributed by atoms with Crippen molar-refractivity contribution in [3.63, 3.8) is 0 Å². The number of rotatable bonds is 27. The molecular formula is C33H66O5. The number of aliphatic hydroxyl groups excluding tert-OH is 3. The van der Waals surface area contributed by atoms with Gasteiger partial charge in [-0.1, -0.05) is 155 Å². The van der Waals surface area contributed by atoms with Gasteiger partial charge >= 0.3 is 0 Å². The second-order valence-corrected chi connectivity index (χ2v) is 12.1. The van der Waals surface area contributed by atoms with Gasteiger partial charge in [0.1, 0.15) is 18.3 Å². The van der Waals surface area contributed by atoms with E-state index in [0.717, 1.165) is 12.8 Å². The number of hydrogen-bond donors (Lipinski definition) is 3. The van der Waals surface area contributed by atoms with E-state index in [1.807, 2.05) is 0 Å². The minimum Gasteiger partial charge on any atom is -0.388 e. The Morgan fingerprint density at radius 1 is 0.553 bits per heavy atom. The van der Waals surface area contributed by atoms with Crippen LogP contribution < -0.4 is 0 Å². The van der Waals surface area contributed by atoms with E-state index >= 15 is 0 Å². The molecule has 228 valence electrons. The maximum Gasteiger partial charge on any atom is 0.186 e. The predicted octanol–water partition coefficient (Wildman–Crippen LogP) is 8.46. The van der Waals surface area contributed by atoms with Crippen molar-refractivity contribution in [3.8, 4) is 0 Å². The molecule has 3 N–H and O–H groups in total. The molecule has 2 unspecified atom stereocenters. The Hall–Kier alpha value is -0.200. The van der Waals surface area contributed by atoms with Crippen LogP contribution in [0.3, 0.4) is 0 Å². The fourth-order valence-electron chi connectivity index (χ4n) is 5.66. The second kappa shape index (κ2) is 25.7.